The Balaban J connectivity index is 1.15. The number of rotatable bonds is 5. The number of methoxy groups -OCH3 is 1. The molecule has 3 aromatic rings. The Morgan fingerprint density at radius 1 is 0.946 bits per heavy atom. The first kappa shape index (κ1) is 25.0. The molecule has 2 aliphatic rings. The summed E-state index contributed by atoms with van der Waals surface area (Å²) in [5.74, 6) is 0.791. The van der Waals surface area contributed by atoms with Crippen molar-refractivity contribution in [3.63, 3.8) is 0 Å². The molecule has 0 unspecified atom stereocenters. The fourth-order valence-electron chi connectivity index (χ4n) is 5.14. The first-order valence-electron chi connectivity index (χ1n) is 12.9. The second-order valence-corrected chi connectivity index (χ2v) is 9.57. The van der Waals surface area contributed by atoms with Gasteiger partial charge in [0.2, 0.25) is 0 Å². The van der Waals surface area contributed by atoms with Gasteiger partial charge in [0.05, 0.1) is 19.8 Å². The Hall–Kier alpha value is -3.62. The summed E-state index contributed by atoms with van der Waals surface area (Å²) in [4.78, 5) is 32.4. The highest BCUT2D eigenvalue weighted by Crippen LogP contribution is 2.21. The minimum Gasteiger partial charge on any atom is -0.497 e. The Labute approximate surface area is 217 Å². The molecule has 1 atom stereocenters. The van der Waals surface area contributed by atoms with Crippen LogP contribution in [-0.2, 0) is 4.74 Å². The van der Waals surface area contributed by atoms with Crippen LogP contribution < -0.4 is 10.1 Å². The molecule has 0 spiro atoms. The van der Waals surface area contributed by atoms with Gasteiger partial charge in [-0.05, 0) is 41.9 Å². The van der Waals surface area contributed by atoms with Crippen LogP contribution in [0.1, 0.15) is 16.8 Å². The van der Waals surface area contributed by atoms with Crippen LogP contribution in [0.3, 0.4) is 0 Å². The monoisotopic (exact) mass is 502 g/mol. The lowest BCUT2D eigenvalue weighted by molar-refractivity contribution is -0.0283. The fraction of sp³-hybridized carbons (Fsp3) is 0.379. The van der Waals surface area contributed by atoms with Crippen molar-refractivity contribution < 1.29 is 19.1 Å². The van der Waals surface area contributed by atoms with Crippen molar-refractivity contribution in [3.05, 3.63) is 72.3 Å². The molecule has 0 aliphatic carbocycles. The number of fused-ring (bicyclic) bond motifs is 1. The molecule has 2 aliphatic heterocycles. The maximum Gasteiger partial charge on any atom is 0.322 e. The number of hydrogen-bond donors (Lipinski definition) is 1. The number of morpholine rings is 1. The Bertz CT molecular complexity index is 1240. The van der Waals surface area contributed by atoms with Gasteiger partial charge in [0, 0.05) is 56.6 Å². The van der Waals surface area contributed by atoms with Crippen LogP contribution in [0.25, 0.3) is 10.8 Å². The van der Waals surface area contributed by atoms with E-state index in [2.05, 4.69) is 10.2 Å². The summed E-state index contributed by atoms with van der Waals surface area (Å²) in [6.45, 7) is 5.43. The van der Waals surface area contributed by atoms with Gasteiger partial charge in [-0.2, -0.15) is 0 Å². The number of hydrogen-bond acceptors (Lipinski definition) is 5. The smallest absolute Gasteiger partial charge is 0.322 e. The third-order valence-corrected chi connectivity index (χ3v) is 7.10. The molecule has 2 fully saturated rings. The Morgan fingerprint density at radius 2 is 1.78 bits per heavy atom. The maximum atomic E-state index is 13.4. The highest BCUT2D eigenvalue weighted by atomic mass is 16.5. The van der Waals surface area contributed by atoms with Crippen LogP contribution in [0, 0.1) is 0 Å². The van der Waals surface area contributed by atoms with Gasteiger partial charge in [0.15, 0.2) is 0 Å². The van der Waals surface area contributed by atoms with Crippen molar-refractivity contribution in [2.45, 2.75) is 12.5 Å². The first-order chi connectivity index (χ1) is 18.1. The van der Waals surface area contributed by atoms with Gasteiger partial charge in [0.1, 0.15) is 5.75 Å². The summed E-state index contributed by atoms with van der Waals surface area (Å²) in [7, 11) is 1.61. The molecule has 0 bridgehead atoms. The van der Waals surface area contributed by atoms with Gasteiger partial charge < -0.3 is 24.6 Å². The predicted molar refractivity (Wildman–Crippen MR) is 144 cm³/mol. The quantitative estimate of drug-likeness (QED) is 0.572. The van der Waals surface area contributed by atoms with Crippen molar-refractivity contribution in [2.75, 3.05) is 64.8 Å². The van der Waals surface area contributed by atoms with E-state index in [1.807, 2.05) is 70.5 Å². The largest absolute Gasteiger partial charge is 0.497 e. The van der Waals surface area contributed by atoms with Gasteiger partial charge in [-0.1, -0.05) is 42.5 Å². The molecule has 0 saturated carbocycles. The molecule has 0 aromatic heterocycles. The Morgan fingerprint density at radius 3 is 2.68 bits per heavy atom. The zero-order chi connectivity index (χ0) is 25.6. The molecule has 3 amide bonds. The van der Waals surface area contributed by atoms with Gasteiger partial charge in [-0.15, -0.1) is 0 Å². The summed E-state index contributed by atoms with van der Waals surface area (Å²) < 4.78 is 11.3. The topological polar surface area (TPSA) is 74.3 Å². The number of carbonyl (C=O) groups is 2. The van der Waals surface area contributed by atoms with Crippen LogP contribution in [-0.4, -0.2) is 92.3 Å². The number of carbonyl (C=O) groups excluding carboxylic acids is 2. The van der Waals surface area contributed by atoms with Crippen molar-refractivity contribution in [1.82, 2.24) is 14.7 Å². The maximum absolute atomic E-state index is 13.4. The van der Waals surface area contributed by atoms with E-state index in [4.69, 9.17) is 9.47 Å². The number of ether oxygens (including phenoxy) is 2. The SMILES string of the molecule is COc1cccc(NC(=O)N2CCO[C@@H](CN3CCCN(C(=O)c4cccc5ccccc45)CC3)C2)c1. The fourth-order valence-corrected chi connectivity index (χ4v) is 5.14. The van der Waals surface area contributed by atoms with E-state index in [1.165, 1.54) is 0 Å². The number of anilines is 1. The average molecular weight is 503 g/mol. The molecular formula is C29H34N4O4. The first-order valence-corrected chi connectivity index (χ1v) is 12.9. The molecule has 2 heterocycles. The molecule has 3 aromatic carbocycles. The molecule has 5 rings (SSSR count). The zero-order valence-corrected chi connectivity index (χ0v) is 21.3. The van der Waals surface area contributed by atoms with E-state index in [0.29, 0.717) is 37.7 Å². The van der Waals surface area contributed by atoms with E-state index in [1.54, 1.807) is 13.2 Å². The van der Waals surface area contributed by atoms with Crippen molar-refractivity contribution in [3.8, 4) is 5.75 Å². The van der Waals surface area contributed by atoms with Gasteiger partial charge >= 0.3 is 6.03 Å². The van der Waals surface area contributed by atoms with Crippen LogP contribution in [0.5, 0.6) is 5.75 Å². The van der Waals surface area contributed by atoms with Crippen molar-refractivity contribution >= 4 is 28.4 Å². The van der Waals surface area contributed by atoms with E-state index in [-0.39, 0.29) is 18.0 Å². The second kappa shape index (κ2) is 11.6. The van der Waals surface area contributed by atoms with Crippen LogP contribution in [0.15, 0.2) is 66.7 Å². The lowest BCUT2D eigenvalue weighted by Gasteiger charge is -2.35. The number of amides is 3. The summed E-state index contributed by atoms with van der Waals surface area (Å²) in [5.41, 5.74) is 1.47. The number of urea groups is 1. The predicted octanol–water partition coefficient (Wildman–Crippen LogP) is 3.93. The average Bonchev–Trinajstić information content (AvgIpc) is 3.18. The zero-order valence-electron chi connectivity index (χ0n) is 21.3. The minimum atomic E-state index is -0.135. The lowest BCUT2D eigenvalue weighted by atomic mass is 10.0. The standard InChI is InChI=1S/C29H34N4O4/c1-36-24-10-5-9-23(19-24)30-29(35)33-17-18-37-25(21-33)20-31-13-6-14-32(16-15-31)28(34)27-12-4-8-22-7-2-3-11-26(22)27/h2-5,7-12,19,25H,6,13-18,20-21H2,1H3,(H,30,35)/t25-/m0/s1. The highest BCUT2D eigenvalue weighted by Gasteiger charge is 2.28. The van der Waals surface area contributed by atoms with Crippen LogP contribution >= 0.6 is 0 Å². The molecule has 2 saturated heterocycles. The summed E-state index contributed by atoms with van der Waals surface area (Å²) in [6, 6.07) is 21.2. The van der Waals surface area contributed by atoms with Crippen molar-refractivity contribution in [2.24, 2.45) is 0 Å². The third kappa shape index (κ3) is 6.03. The molecule has 8 heteroatoms. The summed E-state index contributed by atoms with van der Waals surface area (Å²) in [5, 5.41) is 5.04. The van der Waals surface area contributed by atoms with Crippen LogP contribution in [0.2, 0.25) is 0 Å². The highest BCUT2D eigenvalue weighted by molar-refractivity contribution is 6.07. The van der Waals surface area contributed by atoms with Gasteiger partial charge in [0.25, 0.3) is 5.91 Å². The third-order valence-electron chi connectivity index (χ3n) is 7.10. The van der Waals surface area contributed by atoms with Gasteiger partial charge in [-0.3, -0.25) is 9.69 Å². The summed E-state index contributed by atoms with van der Waals surface area (Å²) in [6.07, 6.45) is 0.841. The van der Waals surface area contributed by atoms with E-state index in [9.17, 15) is 9.59 Å². The second-order valence-electron chi connectivity index (χ2n) is 9.57. The molecule has 37 heavy (non-hydrogen) atoms. The molecular weight excluding hydrogens is 468 g/mol. The minimum absolute atomic E-state index is 0.0647. The van der Waals surface area contributed by atoms with Crippen LogP contribution in [0.4, 0.5) is 10.5 Å². The van der Waals surface area contributed by atoms with E-state index >= 15 is 0 Å². The lowest BCUT2D eigenvalue weighted by Crippen LogP contribution is -2.51. The normalized spacial score (nSPS) is 18.9. The number of nitrogens with one attached hydrogen (secondary N) is 1. The number of nitrogens with zero attached hydrogens (tertiary/aromatic N) is 3. The van der Waals surface area contributed by atoms with E-state index in [0.717, 1.165) is 48.9 Å². The number of benzene rings is 3. The molecule has 8 nitrogen and oxygen atoms in total. The Kier molecular flexibility index (Phi) is 7.87. The van der Waals surface area contributed by atoms with E-state index < -0.39 is 0 Å². The summed E-state index contributed by atoms with van der Waals surface area (Å²) >= 11 is 0. The molecule has 0 radical (unpaired) electrons. The molecule has 1 N–H and O–H groups in total. The van der Waals surface area contributed by atoms with Crippen molar-refractivity contribution in [1.29, 1.82) is 0 Å². The molecule has 194 valence electrons. The van der Waals surface area contributed by atoms with Gasteiger partial charge in [-0.25, -0.2) is 4.79 Å².